The molecule has 2 atom stereocenters. The molecule has 0 amide bonds. The number of β-amino-alcohol motifs (C(OH)–C–C–N with tert-alkyl or cyclic N) is 1. The Kier molecular flexibility index (Phi) is 7.61. The fourth-order valence-corrected chi connectivity index (χ4v) is 6.11. The molecule has 7 heteroatoms. The van der Waals surface area contributed by atoms with E-state index < -0.39 is 16.8 Å². The van der Waals surface area contributed by atoms with Gasteiger partial charge >= 0.3 is 0 Å². The van der Waals surface area contributed by atoms with Crippen molar-refractivity contribution in [3.05, 3.63) is 99.8 Å². The molecule has 1 saturated heterocycles. The Morgan fingerprint density at radius 3 is 2.62 bits per heavy atom. The molecule has 0 aliphatic carbocycles. The second-order valence-corrected chi connectivity index (χ2v) is 11.7. The van der Waals surface area contributed by atoms with Gasteiger partial charge < -0.3 is 19.7 Å². The number of hydrogen-bond acceptors (Lipinski definition) is 6. The molecule has 2 aliphatic heterocycles. The Morgan fingerprint density at radius 1 is 1.15 bits per heavy atom. The van der Waals surface area contributed by atoms with Gasteiger partial charge in [0.15, 0.2) is 0 Å². The molecule has 3 aromatic rings. The summed E-state index contributed by atoms with van der Waals surface area (Å²) in [6, 6.07) is 17.5. The highest BCUT2D eigenvalue weighted by molar-refractivity contribution is 6.30. The average Bonchev–Trinajstić information content (AvgIpc) is 3.05. The fourth-order valence-electron chi connectivity index (χ4n) is 5.98. The highest BCUT2D eigenvalue weighted by atomic mass is 35.5. The molecule has 1 aromatic heterocycles. The first-order chi connectivity index (χ1) is 18.5. The van der Waals surface area contributed by atoms with Crippen molar-refractivity contribution >= 4 is 17.2 Å². The predicted octanol–water partition coefficient (Wildman–Crippen LogP) is 5.68. The van der Waals surface area contributed by atoms with Crippen LogP contribution in [0.2, 0.25) is 5.02 Å². The van der Waals surface area contributed by atoms with Crippen molar-refractivity contribution in [2.45, 2.75) is 57.0 Å². The van der Waals surface area contributed by atoms with Crippen LogP contribution in [0.5, 0.6) is 5.75 Å². The van der Waals surface area contributed by atoms with Gasteiger partial charge in [0.2, 0.25) is 0 Å². The maximum absolute atomic E-state index is 11.7. The third-order valence-corrected chi connectivity index (χ3v) is 8.41. The molecule has 2 aromatic carbocycles. The molecule has 3 heterocycles. The first-order valence-electron chi connectivity index (χ1n) is 13.4. The number of aromatic nitrogens is 1. The SMILES string of the molecule is COC1(c2ccc(Cl)cc2)CCN(CCC=C2c3cc(C(C)(C)O)ccc3OCc3ncccc32)CC1(C)O. The average molecular weight is 549 g/mol. The van der Waals surface area contributed by atoms with E-state index in [1.165, 1.54) is 0 Å². The quantitative estimate of drug-likeness (QED) is 0.413. The Bertz CT molecular complexity index is 1360. The second kappa shape index (κ2) is 10.7. The zero-order valence-corrected chi connectivity index (χ0v) is 23.8. The van der Waals surface area contributed by atoms with Gasteiger partial charge in [0.25, 0.3) is 0 Å². The van der Waals surface area contributed by atoms with E-state index in [4.69, 9.17) is 21.1 Å². The largest absolute Gasteiger partial charge is 0.487 e. The van der Waals surface area contributed by atoms with Gasteiger partial charge in [0.05, 0.1) is 11.3 Å². The summed E-state index contributed by atoms with van der Waals surface area (Å²) in [6.45, 7) is 7.87. The van der Waals surface area contributed by atoms with Crippen LogP contribution in [0.15, 0.2) is 66.9 Å². The number of aliphatic hydroxyl groups is 2. The number of hydrogen-bond donors (Lipinski definition) is 2. The summed E-state index contributed by atoms with van der Waals surface area (Å²) in [4.78, 5) is 6.87. The number of likely N-dealkylation sites (tertiary alicyclic amines) is 1. The lowest BCUT2D eigenvalue weighted by molar-refractivity contribution is -0.202. The van der Waals surface area contributed by atoms with Gasteiger partial charge in [-0.25, -0.2) is 0 Å². The van der Waals surface area contributed by atoms with Crippen LogP contribution in [0, 0.1) is 0 Å². The molecular formula is C32H37ClN2O4. The van der Waals surface area contributed by atoms with Crippen molar-refractivity contribution in [2.75, 3.05) is 26.7 Å². The molecular weight excluding hydrogens is 512 g/mol. The van der Waals surface area contributed by atoms with Gasteiger partial charge in [0.1, 0.15) is 23.6 Å². The minimum atomic E-state index is -1.10. The van der Waals surface area contributed by atoms with Crippen LogP contribution < -0.4 is 4.74 Å². The van der Waals surface area contributed by atoms with Gasteiger partial charge in [-0.15, -0.1) is 0 Å². The minimum Gasteiger partial charge on any atom is -0.487 e. The third-order valence-electron chi connectivity index (χ3n) is 8.16. The van der Waals surface area contributed by atoms with Gasteiger partial charge in [-0.05, 0) is 80.6 Å². The van der Waals surface area contributed by atoms with Gasteiger partial charge in [-0.3, -0.25) is 9.88 Å². The minimum absolute atomic E-state index is 0.390. The van der Waals surface area contributed by atoms with Crippen LogP contribution in [0.4, 0.5) is 0 Å². The first-order valence-corrected chi connectivity index (χ1v) is 13.8. The van der Waals surface area contributed by atoms with Crippen molar-refractivity contribution in [2.24, 2.45) is 0 Å². The lowest BCUT2D eigenvalue weighted by atomic mass is 9.73. The summed E-state index contributed by atoms with van der Waals surface area (Å²) in [7, 11) is 1.67. The zero-order chi connectivity index (χ0) is 27.8. The fraction of sp³-hybridized carbons (Fsp3) is 0.406. The number of benzene rings is 2. The van der Waals surface area contributed by atoms with Crippen LogP contribution in [-0.4, -0.2) is 52.4 Å². The predicted molar refractivity (Wildman–Crippen MR) is 154 cm³/mol. The van der Waals surface area contributed by atoms with E-state index in [0.29, 0.717) is 24.6 Å². The standard InChI is InChI=1S/C32H37ClN2O4/c1-30(2,36)23-11-14-29-27(19-23)25(26-7-5-16-34-28(26)20-39-29)8-6-17-35-18-15-32(38-4,31(3,37)21-35)22-9-12-24(33)13-10-22/h5,7-14,16,19,36-37H,6,15,17-18,20-21H2,1-4H3. The van der Waals surface area contributed by atoms with E-state index in [1.807, 2.05) is 55.5 Å². The van der Waals surface area contributed by atoms with Crippen LogP contribution >= 0.6 is 11.6 Å². The molecule has 6 nitrogen and oxygen atoms in total. The number of piperidine rings is 1. The van der Waals surface area contributed by atoms with Crippen LogP contribution in [0.1, 0.15) is 61.6 Å². The Labute approximate surface area is 235 Å². The summed E-state index contributed by atoms with van der Waals surface area (Å²) in [6.07, 6.45) is 5.45. The van der Waals surface area contributed by atoms with Crippen molar-refractivity contribution in [3.8, 4) is 5.75 Å². The normalized spacial score (nSPS) is 24.5. The molecule has 1 fully saturated rings. The summed E-state index contributed by atoms with van der Waals surface area (Å²) in [5, 5.41) is 23.0. The van der Waals surface area contributed by atoms with E-state index in [-0.39, 0.29) is 0 Å². The van der Waals surface area contributed by atoms with Crippen molar-refractivity contribution in [1.29, 1.82) is 0 Å². The summed E-state index contributed by atoms with van der Waals surface area (Å²) >= 11 is 6.12. The number of nitrogens with zero attached hydrogens (tertiary/aromatic N) is 2. The van der Waals surface area contributed by atoms with Gasteiger partial charge in [-0.2, -0.15) is 0 Å². The first kappa shape index (κ1) is 27.8. The maximum atomic E-state index is 11.7. The van der Waals surface area contributed by atoms with Crippen molar-refractivity contribution < 1.29 is 19.7 Å². The number of halogens is 1. The van der Waals surface area contributed by atoms with E-state index in [2.05, 4.69) is 22.0 Å². The summed E-state index contributed by atoms with van der Waals surface area (Å²) in [5.74, 6) is 0.779. The Balaban J connectivity index is 1.40. The molecule has 206 valence electrons. The highest BCUT2D eigenvalue weighted by Crippen LogP contribution is 2.44. The molecule has 0 saturated carbocycles. The Hall–Kier alpha value is -2.74. The summed E-state index contributed by atoms with van der Waals surface area (Å²) < 4.78 is 12.2. The number of methoxy groups -OCH3 is 1. The number of pyridine rings is 1. The number of fused-ring (bicyclic) bond motifs is 2. The lowest BCUT2D eigenvalue weighted by Crippen LogP contribution is -2.62. The number of ether oxygens (including phenoxy) is 2. The van der Waals surface area contributed by atoms with Gasteiger partial charge in [-0.1, -0.05) is 41.9 Å². The summed E-state index contributed by atoms with van der Waals surface area (Å²) in [5.41, 5.74) is 2.82. The Morgan fingerprint density at radius 2 is 1.92 bits per heavy atom. The molecule has 0 radical (unpaired) electrons. The third kappa shape index (κ3) is 5.37. The molecule has 0 spiro atoms. The topological polar surface area (TPSA) is 75.1 Å². The van der Waals surface area contributed by atoms with Crippen molar-refractivity contribution in [1.82, 2.24) is 9.88 Å². The zero-order valence-electron chi connectivity index (χ0n) is 23.1. The maximum Gasteiger partial charge on any atom is 0.131 e. The van der Waals surface area contributed by atoms with Gasteiger partial charge in [0, 0.05) is 49.1 Å². The monoisotopic (exact) mass is 548 g/mol. The van der Waals surface area contributed by atoms with E-state index in [0.717, 1.165) is 58.8 Å². The van der Waals surface area contributed by atoms with E-state index in [9.17, 15) is 10.2 Å². The molecule has 0 bridgehead atoms. The van der Waals surface area contributed by atoms with Crippen LogP contribution in [0.3, 0.4) is 0 Å². The van der Waals surface area contributed by atoms with E-state index >= 15 is 0 Å². The van der Waals surface area contributed by atoms with Crippen LogP contribution in [0.25, 0.3) is 5.57 Å². The molecule has 2 unspecified atom stereocenters. The molecule has 2 N–H and O–H groups in total. The molecule has 2 aliphatic rings. The molecule has 5 rings (SSSR count). The van der Waals surface area contributed by atoms with Crippen molar-refractivity contribution in [3.63, 3.8) is 0 Å². The highest BCUT2D eigenvalue weighted by Gasteiger charge is 2.52. The van der Waals surface area contributed by atoms with Crippen LogP contribution in [-0.2, 0) is 22.5 Å². The number of rotatable bonds is 6. The smallest absolute Gasteiger partial charge is 0.131 e. The second-order valence-electron chi connectivity index (χ2n) is 11.3. The van der Waals surface area contributed by atoms with E-state index in [1.54, 1.807) is 27.2 Å². The lowest BCUT2D eigenvalue weighted by Gasteiger charge is -2.51. The molecule has 39 heavy (non-hydrogen) atoms.